The second kappa shape index (κ2) is 7.76. The molecule has 0 amide bonds. The van der Waals surface area contributed by atoms with Crippen molar-refractivity contribution in [1.29, 1.82) is 0 Å². The van der Waals surface area contributed by atoms with Crippen LogP contribution in [-0.4, -0.2) is 24.5 Å². The third kappa shape index (κ3) is 4.33. The summed E-state index contributed by atoms with van der Waals surface area (Å²) in [5, 5.41) is 0. The fourth-order valence-electron chi connectivity index (χ4n) is 2.56. The predicted molar refractivity (Wildman–Crippen MR) is 93.8 cm³/mol. The Morgan fingerprint density at radius 2 is 1.73 bits per heavy atom. The fourth-order valence-corrected chi connectivity index (χ4v) is 3.68. The van der Waals surface area contributed by atoms with Gasteiger partial charge < -0.3 is 4.57 Å². The van der Waals surface area contributed by atoms with E-state index in [-0.39, 0.29) is 6.54 Å². The summed E-state index contributed by atoms with van der Waals surface area (Å²) in [5.41, 5.74) is 0.966. The van der Waals surface area contributed by atoms with E-state index in [9.17, 15) is 17.2 Å². The number of aryl methyl sites for hydroxylation is 1. The molecule has 136 valence electrons. The molecule has 0 aliphatic heterocycles. The highest BCUT2D eigenvalue weighted by Gasteiger charge is 2.16. The van der Waals surface area contributed by atoms with Gasteiger partial charge in [0.05, 0.1) is 4.90 Å². The van der Waals surface area contributed by atoms with Crippen LogP contribution >= 0.6 is 0 Å². The number of aromatic nitrogens is 2. The fraction of sp³-hybridized carbons (Fsp3) is 0.167. The van der Waals surface area contributed by atoms with Gasteiger partial charge in [0.2, 0.25) is 10.0 Å². The summed E-state index contributed by atoms with van der Waals surface area (Å²) in [6, 6.07) is 11.8. The first kappa shape index (κ1) is 18.2. The van der Waals surface area contributed by atoms with Crippen LogP contribution in [0.1, 0.15) is 6.42 Å². The van der Waals surface area contributed by atoms with Crippen LogP contribution < -0.4 is 4.72 Å². The summed E-state index contributed by atoms with van der Waals surface area (Å²) in [7, 11) is -3.96. The molecular weight excluding hydrogens is 360 g/mol. The Balaban J connectivity index is 1.60. The van der Waals surface area contributed by atoms with Gasteiger partial charge in [-0.3, -0.25) is 0 Å². The molecule has 0 aliphatic rings. The molecule has 0 saturated heterocycles. The largest absolute Gasteiger partial charge is 0.331 e. The number of nitrogens with one attached hydrogen (secondary N) is 1. The van der Waals surface area contributed by atoms with Crippen LogP contribution in [0.5, 0.6) is 0 Å². The van der Waals surface area contributed by atoms with Crippen LogP contribution in [0.4, 0.5) is 8.78 Å². The van der Waals surface area contributed by atoms with Crippen LogP contribution in [0.25, 0.3) is 11.4 Å². The number of halogens is 2. The second-order valence-corrected chi connectivity index (χ2v) is 7.43. The van der Waals surface area contributed by atoms with E-state index in [1.54, 1.807) is 6.20 Å². The summed E-state index contributed by atoms with van der Waals surface area (Å²) in [4.78, 5) is 3.89. The van der Waals surface area contributed by atoms with Crippen molar-refractivity contribution in [2.75, 3.05) is 6.54 Å². The lowest BCUT2D eigenvalue weighted by Crippen LogP contribution is -2.25. The Labute approximate surface area is 150 Å². The Hall–Kier alpha value is -2.58. The average Bonchev–Trinajstić information content (AvgIpc) is 3.07. The standard InChI is InChI=1S/C18H17F2N3O2S/c19-15-11-16(20)13-17(12-15)26(24,25)22-7-4-9-23-10-8-21-18(23)14-5-2-1-3-6-14/h1-3,5-6,8,10-13,22H,4,7,9H2. The van der Waals surface area contributed by atoms with Crippen LogP contribution in [-0.2, 0) is 16.6 Å². The number of rotatable bonds is 7. The topological polar surface area (TPSA) is 64.0 Å². The third-order valence-electron chi connectivity index (χ3n) is 3.76. The van der Waals surface area contributed by atoms with E-state index in [4.69, 9.17) is 0 Å². The maximum Gasteiger partial charge on any atom is 0.240 e. The van der Waals surface area contributed by atoms with Gasteiger partial charge in [-0.05, 0) is 18.6 Å². The Bertz CT molecular complexity index is 968. The molecule has 0 fully saturated rings. The molecule has 1 heterocycles. The molecule has 0 spiro atoms. The normalized spacial score (nSPS) is 11.6. The molecule has 8 heteroatoms. The quantitative estimate of drug-likeness (QED) is 0.643. The lowest BCUT2D eigenvalue weighted by atomic mass is 10.2. The first-order chi connectivity index (χ1) is 12.5. The smallest absolute Gasteiger partial charge is 0.240 e. The highest BCUT2D eigenvalue weighted by Crippen LogP contribution is 2.17. The molecule has 0 radical (unpaired) electrons. The van der Waals surface area contributed by atoms with Crippen molar-refractivity contribution in [2.24, 2.45) is 0 Å². The van der Waals surface area contributed by atoms with Gasteiger partial charge in [-0.2, -0.15) is 0 Å². The minimum Gasteiger partial charge on any atom is -0.331 e. The molecular formula is C18H17F2N3O2S. The van der Waals surface area contributed by atoms with Crippen molar-refractivity contribution >= 4 is 10.0 Å². The minimum absolute atomic E-state index is 0.132. The minimum atomic E-state index is -3.96. The van der Waals surface area contributed by atoms with Crippen LogP contribution in [0.2, 0.25) is 0 Å². The number of hydrogen-bond donors (Lipinski definition) is 1. The number of nitrogens with zero attached hydrogens (tertiary/aromatic N) is 2. The van der Waals surface area contributed by atoms with E-state index in [0.29, 0.717) is 19.0 Å². The van der Waals surface area contributed by atoms with Gasteiger partial charge >= 0.3 is 0 Å². The maximum atomic E-state index is 13.2. The summed E-state index contributed by atoms with van der Waals surface area (Å²) in [6.45, 7) is 0.678. The molecule has 0 aliphatic carbocycles. The predicted octanol–water partition coefficient (Wildman–Crippen LogP) is 3.20. The zero-order chi connectivity index (χ0) is 18.6. The van der Waals surface area contributed by atoms with E-state index in [1.165, 1.54) is 0 Å². The van der Waals surface area contributed by atoms with Gasteiger partial charge in [0.25, 0.3) is 0 Å². The third-order valence-corrected chi connectivity index (χ3v) is 5.20. The number of hydrogen-bond acceptors (Lipinski definition) is 3. The van der Waals surface area contributed by atoms with E-state index in [2.05, 4.69) is 9.71 Å². The van der Waals surface area contributed by atoms with Crippen molar-refractivity contribution in [3.8, 4) is 11.4 Å². The molecule has 5 nitrogen and oxygen atoms in total. The molecule has 0 atom stereocenters. The zero-order valence-corrected chi connectivity index (χ0v) is 14.6. The summed E-state index contributed by atoms with van der Waals surface area (Å²) >= 11 is 0. The SMILES string of the molecule is O=S(=O)(NCCCn1ccnc1-c1ccccc1)c1cc(F)cc(F)c1. The van der Waals surface area contributed by atoms with Gasteiger partial charge in [0.1, 0.15) is 17.5 Å². The highest BCUT2D eigenvalue weighted by atomic mass is 32.2. The Kier molecular flexibility index (Phi) is 5.43. The number of imidazole rings is 1. The van der Waals surface area contributed by atoms with Crippen LogP contribution in [0.15, 0.2) is 65.8 Å². The van der Waals surface area contributed by atoms with E-state index in [0.717, 1.165) is 23.5 Å². The van der Waals surface area contributed by atoms with Crippen LogP contribution in [0, 0.1) is 11.6 Å². The molecule has 0 bridgehead atoms. The zero-order valence-electron chi connectivity index (χ0n) is 13.8. The van der Waals surface area contributed by atoms with Gasteiger partial charge in [0, 0.05) is 37.1 Å². The van der Waals surface area contributed by atoms with E-state index >= 15 is 0 Å². The Morgan fingerprint density at radius 1 is 1.04 bits per heavy atom. The molecule has 2 aromatic carbocycles. The van der Waals surface area contributed by atoms with Crippen LogP contribution in [0.3, 0.4) is 0 Å². The van der Waals surface area contributed by atoms with Crippen molar-refractivity contribution in [1.82, 2.24) is 14.3 Å². The van der Waals surface area contributed by atoms with Crippen molar-refractivity contribution < 1.29 is 17.2 Å². The van der Waals surface area contributed by atoms with E-state index < -0.39 is 26.6 Å². The molecule has 1 N–H and O–H groups in total. The van der Waals surface area contributed by atoms with Gasteiger partial charge in [-0.25, -0.2) is 26.9 Å². The van der Waals surface area contributed by atoms with Gasteiger partial charge in [-0.15, -0.1) is 0 Å². The lowest BCUT2D eigenvalue weighted by Gasteiger charge is -2.10. The van der Waals surface area contributed by atoms with Crippen molar-refractivity contribution in [2.45, 2.75) is 17.9 Å². The monoisotopic (exact) mass is 377 g/mol. The molecule has 3 rings (SSSR count). The summed E-state index contributed by atoms with van der Waals surface area (Å²) in [6.07, 6.45) is 3.99. The number of benzene rings is 2. The van der Waals surface area contributed by atoms with E-state index in [1.807, 2.05) is 41.1 Å². The average molecular weight is 377 g/mol. The van der Waals surface area contributed by atoms with Crippen molar-refractivity contribution in [3.05, 3.63) is 72.6 Å². The summed E-state index contributed by atoms with van der Waals surface area (Å²) < 4.78 is 54.9. The summed E-state index contributed by atoms with van der Waals surface area (Å²) in [5.74, 6) is -1.08. The lowest BCUT2D eigenvalue weighted by molar-refractivity contribution is 0.556. The first-order valence-electron chi connectivity index (χ1n) is 7.98. The molecule has 1 aromatic heterocycles. The Morgan fingerprint density at radius 3 is 2.42 bits per heavy atom. The highest BCUT2D eigenvalue weighted by molar-refractivity contribution is 7.89. The molecule has 3 aromatic rings. The molecule has 26 heavy (non-hydrogen) atoms. The molecule has 0 saturated carbocycles. The first-order valence-corrected chi connectivity index (χ1v) is 9.46. The second-order valence-electron chi connectivity index (χ2n) is 5.67. The molecule has 0 unspecified atom stereocenters. The van der Waals surface area contributed by atoms with Gasteiger partial charge in [0.15, 0.2) is 0 Å². The van der Waals surface area contributed by atoms with Gasteiger partial charge in [-0.1, -0.05) is 30.3 Å². The number of sulfonamides is 1. The van der Waals surface area contributed by atoms with Crippen molar-refractivity contribution in [3.63, 3.8) is 0 Å². The maximum absolute atomic E-state index is 13.2.